The zero-order valence-electron chi connectivity index (χ0n) is 12.4. The van der Waals surface area contributed by atoms with Gasteiger partial charge in [0.2, 0.25) is 5.91 Å². The molecule has 0 bridgehead atoms. The number of nitrogens with two attached hydrogens (primary N) is 1. The second-order valence-electron chi connectivity index (χ2n) is 4.82. The Balaban J connectivity index is 2.59. The molecule has 1 amide bonds. The molecule has 0 unspecified atom stereocenters. The first-order valence-electron chi connectivity index (χ1n) is 6.63. The fourth-order valence-corrected chi connectivity index (χ4v) is 3.89. The summed E-state index contributed by atoms with van der Waals surface area (Å²) in [5, 5.41) is 10.8. The van der Waals surface area contributed by atoms with Crippen LogP contribution >= 0.6 is 27.5 Å². The molecule has 0 fully saturated rings. The van der Waals surface area contributed by atoms with Crippen LogP contribution in [0, 0.1) is 10.1 Å². The van der Waals surface area contributed by atoms with Crippen molar-refractivity contribution in [2.45, 2.75) is 4.90 Å². The third-order valence-electron chi connectivity index (χ3n) is 3.12. The minimum absolute atomic E-state index is 0.180. The number of hydrogen-bond donors (Lipinski definition) is 1. The van der Waals surface area contributed by atoms with Crippen molar-refractivity contribution in [2.75, 3.05) is 10.8 Å². The van der Waals surface area contributed by atoms with Gasteiger partial charge >= 0.3 is 0 Å². The summed E-state index contributed by atoms with van der Waals surface area (Å²) >= 11 is 8.94. The average Bonchev–Trinajstić information content (AvgIpc) is 2.53. The van der Waals surface area contributed by atoms with E-state index in [-0.39, 0.29) is 15.6 Å². The predicted molar refractivity (Wildman–Crippen MR) is 96.0 cm³/mol. The molecule has 8 nitrogen and oxygen atoms in total. The lowest BCUT2D eigenvalue weighted by Crippen LogP contribution is -2.38. The van der Waals surface area contributed by atoms with Gasteiger partial charge in [-0.05, 0) is 36.4 Å². The molecule has 0 atom stereocenters. The summed E-state index contributed by atoms with van der Waals surface area (Å²) in [7, 11) is -4.28. The van der Waals surface area contributed by atoms with Crippen molar-refractivity contribution in [1.82, 2.24) is 0 Å². The van der Waals surface area contributed by atoms with E-state index in [2.05, 4.69) is 15.9 Å². The molecule has 0 spiro atoms. The number of primary amides is 1. The summed E-state index contributed by atoms with van der Waals surface area (Å²) in [5.74, 6) is -0.880. The summed E-state index contributed by atoms with van der Waals surface area (Å²) in [6, 6.07) is 9.18. The van der Waals surface area contributed by atoms with E-state index < -0.39 is 33.1 Å². The Morgan fingerprint density at radius 2 is 1.84 bits per heavy atom. The topological polar surface area (TPSA) is 124 Å². The maximum absolute atomic E-state index is 12.9. The first kappa shape index (κ1) is 19.2. The van der Waals surface area contributed by atoms with Gasteiger partial charge < -0.3 is 5.73 Å². The van der Waals surface area contributed by atoms with Crippen LogP contribution in [0.5, 0.6) is 0 Å². The van der Waals surface area contributed by atoms with E-state index in [1.165, 1.54) is 12.1 Å². The molecule has 0 heterocycles. The number of benzene rings is 2. The zero-order chi connectivity index (χ0) is 18.8. The monoisotopic (exact) mass is 447 g/mol. The number of anilines is 1. The third kappa shape index (κ3) is 4.27. The Labute approximate surface area is 156 Å². The van der Waals surface area contributed by atoms with Crippen LogP contribution < -0.4 is 10.0 Å². The van der Waals surface area contributed by atoms with E-state index in [0.717, 1.165) is 22.5 Å². The number of hydrogen-bond acceptors (Lipinski definition) is 5. The maximum atomic E-state index is 12.9. The molecule has 0 saturated heterocycles. The molecule has 25 heavy (non-hydrogen) atoms. The van der Waals surface area contributed by atoms with Gasteiger partial charge in [0.25, 0.3) is 15.7 Å². The van der Waals surface area contributed by atoms with Gasteiger partial charge in [0, 0.05) is 10.5 Å². The van der Waals surface area contributed by atoms with Gasteiger partial charge in [-0.15, -0.1) is 0 Å². The molecule has 0 aliphatic heterocycles. The van der Waals surface area contributed by atoms with Crippen molar-refractivity contribution in [2.24, 2.45) is 5.73 Å². The first-order valence-corrected chi connectivity index (χ1v) is 9.24. The highest BCUT2D eigenvalue weighted by Gasteiger charge is 2.28. The summed E-state index contributed by atoms with van der Waals surface area (Å²) in [5.41, 5.74) is 4.78. The van der Waals surface area contributed by atoms with Gasteiger partial charge in [0.15, 0.2) is 0 Å². The standard InChI is InChI=1S/C14H11BrClN3O5S/c15-9-1-3-10(4-2-9)18(8-14(17)20)25(23,24)11-5-6-12(16)13(7-11)19(21)22/h1-7H,8H2,(H2,17,20). The molecule has 132 valence electrons. The number of carbonyl (C=O) groups is 1. The normalized spacial score (nSPS) is 11.1. The van der Waals surface area contributed by atoms with Crippen molar-refractivity contribution in [3.63, 3.8) is 0 Å². The second kappa shape index (κ2) is 7.38. The lowest BCUT2D eigenvalue weighted by atomic mass is 10.3. The van der Waals surface area contributed by atoms with Crippen molar-refractivity contribution >= 4 is 54.8 Å². The van der Waals surface area contributed by atoms with Crippen LogP contribution in [-0.4, -0.2) is 25.8 Å². The number of nitrogens with zero attached hydrogens (tertiary/aromatic N) is 2. The highest BCUT2D eigenvalue weighted by Crippen LogP contribution is 2.30. The Morgan fingerprint density at radius 3 is 2.36 bits per heavy atom. The fraction of sp³-hybridized carbons (Fsp3) is 0.0714. The minimum atomic E-state index is -4.28. The van der Waals surface area contributed by atoms with Crippen molar-refractivity contribution < 1.29 is 18.1 Å². The molecule has 0 saturated carbocycles. The van der Waals surface area contributed by atoms with E-state index in [0.29, 0.717) is 4.47 Å². The summed E-state index contributed by atoms with van der Waals surface area (Å²) < 4.78 is 27.2. The average molecular weight is 449 g/mol. The number of nitro benzene ring substituents is 1. The Bertz CT molecular complexity index is 934. The molecule has 2 N–H and O–H groups in total. The van der Waals surface area contributed by atoms with E-state index in [1.807, 2.05) is 0 Å². The minimum Gasteiger partial charge on any atom is -0.368 e. The van der Waals surface area contributed by atoms with Crippen LogP contribution in [0.25, 0.3) is 0 Å². The van der Waals surface area contributed by atoms with Gasteiger partial charge in [0.1, 0.15) is 11.6 Å². The molecule has 11 heteroatoms. The summed E-state index contributed by atoms with van der Waals surface area (Å²) in [6.45, 7) is -0.625. The first-order chi connectivity index (χ1) is 11.6. The van der Waals surface area contributed by atoms with Crippen molar-refractivity contribution in [3.05, 3.63) is 62.1 Å². The Kier molecular flexibility index (Phi) is 5.65. The molecule has 0 radical (unpaired) electrons. The van der Waals surface area contributed by atoms with Gasteiger partial charge in [0.05, 0.1) is 15.5 Å². The Hall–Kier alpha value is -2.17. The van der Waals surface area contributed by atoms with Gasteiger partial charge in [-0.1, -0.05) is 27.5 Å². The predicted octanol–water partition coefficient (Wildman–Crippen LogP) is 2.69. The number of carbonyl (C=O) groups excluding carboxylic acids is 1. The number of rotatable bonds is 6. The molecular weight excluding hydrogens is 438 g/mol. The highest BCUT2D eigenvalue weighted by atomic mass is 79.9. The van der Waals surface area contributed by atoms with E-state index in [9.17, 15) is 23.3 Å². The molecule has 2 rings (SSSR count). The highest BCUT2D eigenvalue weighted by molar-refractivity contribution is 9.10. The third-order valence-corrected chi connectivity index (χ3v) is 5.73. The van der Waals surface area contributed by atoms with Crippen LogP contribution in [0.1, 0.15) is 0 Å². The fourth-order valence-electron chi connectivity index (χ4n) is 1.98. The maximum Gasteiger partial charge on any atom is 0.289 e. The quantitative estimate of drug-likeness (QED) is 0.537. The number of amides is 1. The van der Waals surface area contributed by atoms with Gasteiger partial charge in [-0.25, -0.2) is 8.42 Å². The molecule has 0 aromatic heterocycles. The smallest absolute Gasteiger partial charge is 0.289 e. The van der Waals surface area contributed by atoms with Crippen molar-refractivity contribution in [1.29, 1.82) is 0 Å². The molecule has 0 aliphatic carbocycles. The number of nitro groups is 1. The van der Waals surface area contributed by atoms with Crippen molar-refractivity contribution in [3.8, 4) is 0 Å². The molecule has 2 aromatic carbocycles. The number of halogens is 2. The zero-order valence-corrected chi connectivity index (χ0v) is 15.6. The molecule has 2 aromatic rings. The Morgan fingerprint density at radius 1 is 1.24 bits per heavy atom. The summed E-state index contributed by atoms with van der Waals surface area (Å²) in [6.07, 6.45) is 0. The van der Waals surface area contributed by atoms with Crippen LogP contribution in [0.4, 0.5) is 11.4 Å². The summed E-state index contributed by atoms with van der Waals surface area (Å²) in [4.78, 5) is 21.2. The van der Waals surface area contributed by atoms with E-state index in [1.54, 1.807) is 12.1 Å². The SMILES string of the molecule is NC(=O)CN(c1ccc(Br)cc1)S(=O)(=O)c1ccc(Cl)c([N+](=O)[O-])c1. The molecular formula is C14H11BrClN3O5S. The van der Waals surface area contributed by atoms with Gasteiger partial charge in [-0.3, -0.25) is 19.2 Å². The van der Waals surface area contributed by atoms with Crippen LogP contribution in [-0.2, 0) is 14.8 Å². The van der Waals surface area contributed by atoms with Crippen LogP contribution in [0.2, 0.25) is 5.02 Å². The lowest BCUT2D eigenvalue weighted by molar-refractivity contribution is -0.384. The second-order valence-corrected chi connectivity index (χ2v) is 8.01. The van der Waals surface area contributed by atoms with Gasteiger partial charge in [-0.2, -0.15) is 0 Å². The number of sulfonamides is 1. The lowest BCUT2D eigenvalue weighted by Gasteiger charge is -2.23. The van der Waals surface area contributed by atoms with E-state index >= 15 is 0 Å². The van der Waals surface area contributed by atoms with Crippen LogP contribution in [0.3, 0.4) is 0 Å². The van der Waals surface area contributed by atoms with Crippen LogP contribution in [0.15, 0.2) is 51.8 Å². The largest absolute Gasteiger partial charge is 0.368 e. The molecule has 0 aliphatic rings. The van der Waals surface area contributed by atoms with E-state index in [4.69, 9.17) is 17.3 Å².